The minimum Gasteiger partial charge on any atom is -0.376 e. The van der Waals surface area contributed by atoms with Crippen molar-refractivity contribution in [3.05, 3.63) is 101 Å². The van der Waals surface area contributed by atoms with Gasteiger partial charge in [0, 0.05) is 30.0 Å². The second-order valence-electron chi connectivity index (χ2n) is 9.29. The molecular weight excluding hydrogens is 482 g/mol. The predicted octanol–water partition coefficient (Wildman–Crippen LogP) is 6.14. The first-order valence-electron chi connectivity index (χ1n) is 12.6. The third-order valence-electron chi connectivity index (χ3n) is 6.59. The van der Waals surface area contributed by atoms with Crippen LogP contribution >= 0.6 is 11.3 Å². The third kappa shape index (κ3) is 6.56. The average Bonchev–Trinajstić information content (AvgIpc) is 3.63. The Morgan fingerprint density at radius 1 is 0.892 bits per heavy atom. The molecule has 1 aromatic heterocycles. The topological polar surface area (TPSA) is 61.9 Å². The molecule has 1 aliphatic heterocycles. The van der Waals surface area contributed by atoms with Gasteiger partial charge in [-0.1, -0.05) is 72.8 Å². The molecule has 0 radical (unpaired) electrons. The van der Waals surface area contributed by atoms with Gasteiger partial charge in [-0.15, -0.1) is 11.3 Å². The molecule has 6 nitrogen and oxygen atoms in total. The Hall–Kier alpha value is -3.68. The van der Waals surface area contributed by atoms with E-state index in [1.807, 2.05) is 95.2 Å². The molecular formula is C30H31N3O3S. The Kier molecular flexibility index (Phi) is 8.13. The average molecular weight is 514 g/mol. The fourth-order valence-corrected chi connectivity index (χ4v) is 5.39. The lowest BCUT2D eigenvalue weighted by atomic mass is 10.1. The van der Waals surface area contributed by atoms with Crippen molar-refractivity contribution >= 4 is 39.7 Å². The van der Waals surface area contributed by atoms with Gasteiger partial charge in [-0.3, -0.25) is 4.79 Å². The zero-order valence-electron chi connectivity index (χ0n) is 20.7. The van der Waals surface area contributed by atoms with E-state index in [2.05, 4.69) is 5.32 Å². The Morgan fingerprint density at radius 3 is 2.49 bits per heavy atom. The summed E-state index contributed by atoms with van der Waals surface area (Å²) in [6.07, 6.45) is 1.79. The summed E-state index contributed by atoms with van der Waals surface area (Å²) >= 11 is 1.63. The van der Waals surface area contributed by atoms with Crippen LogP contribution in [0.1, 0.15) is 23.3 Å². The van der Waals surface area contributed by atoms with Crippen LogP contribution in [0.5, 0.6) is 0 Å². The summed E-state index contributed by atoms with van der Waals surface area (Å²) in [7, 11) is 0. The van der Waals surface area contributed by atoms with Crippen molar-refractivity contribution in [2.75, 3.05) is 25.0 Å². The Balaban J connectivity index is 1.36. The number of thiophene rings is 1. The molecule has 4 aromatic rings. The fourth-order valence-electron chi connectivity index (χ4n) is 4.67. The van der Waals surface area contributed by atoms with Crippen molar-refractivity contribution in [1.29, 1.82) is 0 Å². The number of hydrogen-bond acceptors (Lipinski definition) is 4. The first-order valence-corrected chi connectivity index (χ1v) is 13.5. The number of amides is 3. The summed E-state index contributed by atoms with van der Waals surface area (Å²) in [5.74, 6) is -0.0941. The molecule has 5 rings (SSSR count). The van der Waals surface area contributed by atoms with E-state index in [9.17, 15) is 9.59 Å². The van der Waals surface area contributed by atoms with Gasteiger partial charge in [-0.25, -0.2) is 4.79 Å². The highest BCUT2D eigenvalue weighted by atomic mass is 32.1. The quantitative estimate of drug-likeness (QED) is 0.292. The number of carbonyl (C=O) groups excluding carboxylic acids is 2. The number of ether oxygens (including phenoxy) is 1. The van der Waals surface area contributed by atoms with Crippen LogP contribution < -0.4 is 5.32 Å². The molecule has 3 amide bonds. The SMILES string of the molecule is O=C(CN(CC1CCCO1)C(=O)Nc1cccc2ccccc12)N(Cc1ccccc1)Cc1cccs1. The molecule has 3 aromatic carbocycles. The fraction of sp³-hybridized carbons (Fsp3) is 0.267. The molecule has 1 saturated heterocycles. The van der Waals surface area contributed by atoms with Gasteiger partial charge in [0.25, 0.3) is 0 Å². The van der Waals surface area contributed by atoms with Gasteiger partial charge in [0.1, 0.15) is 6.54 Å². The number of rotatable bonds is 9. The molecule has 0 spiro atoms. The summed E-state index contributed by atoms with van der Waals surface area (Å²) in [6.45, 7) is 2.03. The second kappa shape index (κ2) is 12.0. The maximum atomic E-state index is 13.7. The number of fused-ring (bicyclic) bond motifs is 1. The van der Waals surface area contributed by atoms with Crippen LogP contribution in [0.15, 0.2) is 90.3 Å². The molecule has 1 unspecified atom stereocenters. The molecule has 1 N–H and O–H groups in total. The van der Waals surface area contributed by atoms with Gasteiger partial charge >= 0.3 is 6.03 Å². The summed E-state index contributed by atoms with van der Waals surface area (Å²) in [4.78, 5) is 31.8. The number of benzene rings is 3. The standard InChI is InChI=1S/C30H31N3O3S/c34-29(32(21-26-14-8-18-37-26)19-23-9-2-1-3-10-23)22-33(20-25-13-7-17-36-25)30(35)31-28-16-6-12-24-11-4-5-15-27(24)28/h1-6,8-12,14-16,18,25H,7,13,17,19-22H2,(H,31,35). The number of nitrogens with zero attached hydrogens (tertiary/aromatic N) is 2. The second-order valence-corrected chi connectivity index (χ2v) is 10.3. The minimum atomic E-state index is -0.295. The lowest BCUT2D eigenvalue weighted by Gasteiger charge is -2.29. The van der Waals surface area contributed by atoms with Crippen LogP contribution in [0.4, 0.5) is 10.5 Å². The Morgan fingerprint density at radius 2 is 1.70 bits per heavy atom. The van der Waals surface area contributed by atoms with E-state index in [0.717, 1.165) is 39.7 Å². The number of hydrogen-bond donors (Lipinski definition) is 1. The van der Waals surface area contributed by atoms with Gasteiger partial charge in [-0.2, -0.15) is 0 Å². The van der Waals surface area contributed by atoms with E-state index in [1.165, 1.54) is 0 Å². The lowest BCUT2D eigenvalue weighted by Crippen LogP contribution is -2.46. The zero-order chi connectivity index (χ0) is 25.5. The van der Waals surface area contributed by atoms with Crippen LogP contribution in [0.3, 0.4) is 0 Å². The van der Waals surface area contributed by atoms with Crippen molar-refractivity contribution in [2.24, 2.45) is 0 Å². The largest absolute Gasteiger partial charge is 0.376 e. The smallest absolute Gasteiger partial charge is 0.322 e. The predicted molar refractivity (Wildman–Crippen MR) is 149 cm³/mol. The van der Waals surface area contributed by atoms with Gasteiger partial charge in [-0.05, 0) is 41.3 Å². The molecule has 0 saturated carbocycles. The van der Waals surface area contributed by atoms with Crippen molar-refractivity contribution in [1.82, 2.24) is 9.80 Å². The molecule has 1 fully saturated rings. The number of anilines is 1. The highest BCUT2D eigenvalue weighted by Gasteiger charge is 2.27. The van der Waals surface area contributed by atoms with Crippen molar-refractivity contribution < 1.29 is 14.3 Å². The lowest BCUT2D eigenvalue weighted by molar-refractivity contribution is -0.133. The first-order chi connectivity index (χ1) is 18.2. The summed E-state index contributed by atoms with van der Waals surface area (Å²) in [5, 5.41) is 7.09. The summed E-state index contributed by atoms with van der Waals surface area (Å²) in [6, 6.07) is 27.5. The van der Waals surface area contributed by atoms with Crippen LogP contribution in [0.25, 0.3) is 10.8 Å². The number of urea groups is 1. The van der Waals surface area contributed by atoms with Crippen LogP contribution in [-0.2, 0) is 22.6 Å². The van der Waals surface area contributed by atoms with E-state index in [-0.39, 0.29) is 24.6 Å². The first kappa shape index (κ1) is 25.0. The van der Waals surface area contributed by atoms with E-state index in [1.54, 1.807) is 16.2 Å². The Labute approximate surface area is 221 Å². The Bertz CT molecular complexity index is 1320. The van der Waals surface area contributed by atoms with Gasteiger partial charge in [0.15, 0.2) is 0 Å². The van der Waals surface area contributed by atoms with Crippen LogP contribution in [0.2, 0.25) is 0 Å². The van der Waals surface area contributed by atoms with Crippen molar-refractivity contribution in [3.63, 3.8) is 0 Å². The van der Waals surface area contributed by atoms with Gasteiger partial charge in [0.2, 0.25) is 5.91 Å². The number of nitrogens with one attached hydrogen (secondary N) is 1. The van der Waals surface area contributed by atoms with Crippen LogP contribution in [-0.4, -0.2) is 47.5 Å². The molecule has 37 heavy (non-hydrogen) atoms. The van der Waals surface area contributed by atoms with E-state index in [4.69, 9.17) is 4.74 Å². The monoisotopic (exact) mass is 513 g/mol. The van der Waals surface area contributed by atoms with E-state index in [0.29, 0.717) is 26.2 Å². The van der Waals surface area contributed by atoms with Crippen molar-refractivity contribution in [2.45, 2.75) is 32.0 Å². The van der Waals surface area contributed by atoms with Crippen molar-refractivity contribution in [3.8, 4) is 0 Å². The van der Waals surface area contributed by atoms with E-state index >= 15 is 0 Å². The molecule has 1 aliphatic rings. The maximum absolute atomic E-state index is 13.7. The molecule has 0 aliphatic carbocycles. The maximum Gasteiger partial charge on any atom is 0.322 e. The normalized spacial score (nSPS) is 15.0. The summed E-state index contributed by atoms with van der Waals surface area (Å²) < 4.78 is 5.83. The van der Waals surface area contributed by atoms with E-state index < -0.39 is 0 Å². The van der Waals surface area contributed by atoms with Crippen LogP contribution in [0, 0.1) is 0 Å². The molecule has 0 bridgehead atoms. The number of carbonyl (C=O) groups is 2. The minimum absolute atomic E-state index is 0.0192. The zero-order valence-corrected chi connectivity index (χ0v) is 21.5. The third-order valence-corrected chi connectivity index (χ3v) is 7.45. The van der Waals surface area contributed by atoms with Gasteiger partial charge in [0.05, 0.1) is 18.3 Å². The molecule has 1 atom stereocenters. The molecule has 7 heteroatoms. The molecule has 2 heterocycles. The highest BCUT2D eigenvalue weighted by Crippen LogP contribution is 2.24. The highest BCUT2D eigenvalue weighted by molar-refractivity contribution is 7.09. The van der Waals surface area contributed by atoms with Gasteiger partial charge < -0.3 is 19.9 Å². The molecule has 190 valence electrons. The summed E-state index contributed by atoms with van der Waals surface area (Å²) in [5.41, 5.74) is 1.78.